The quantitative estimate of drug-likeness (QED) is 0.202. The number of carbonyl (C=O) groups excluding carboxylic acids is 1. The number of nitrogens with zero attached hydrogens (tertiary/aromatic N) is 4. The monoisotopic (exact) mass is 595 g/mol. The van der Waals surface area contributed by atoms with E-state index in [9.17, 15) is 9.59 Å². The van der Waals surface area contributed by atoms with Crippen molar-refractivity contribution >= 4 is 50.6 Å². The highest BCUT2D eigenvalue weighted by Gasteiger charge is 2.19. The minimum atomic E-state index is -0.335. The molecule has 0 radical (unpaired) electrons. The van der Waals surface area contributed by atoms with Crippen LogP contribution in [0.25, 0.3) is 44.4 Å². The molecule has 0 aliphatic rings. The number of anilines is 1. The third kappa shape index (κ3) is 5.04. The molecule has 3 aromatic heterocycles. The normalized spacial score (nSPS) is 11.6. The Bertz CT molecular complexity index is 2330. The van der Waals surface area contributed by atoms with Crippen LogP contribution in [0.5, 0.6) is 5.75 Å². The molecule has 45 heavy (non-hydrogen) atoms. The number of para-hydroxylation sites is 2. The van der Waals surface area contributed by atoms with Crippen LogP contribution in [0.4, 0.5) is 5.69 Å². The standard InChI is InChI=1S/C36H29N5O4/c1-22-15-17-24(18-16-22)38-34(42)21-40-23(2)28(25-9-5-7-12-30(25)40)20-37-41-35(39-29-11-6-4-10-26(29)36(41)43)33-19-27-31(44-3)13-8-14-32(27)45-33/h4-20H,21H2,1-3H3,(H,38,42). The predicted octanol–water partition coefficient (Wildman–Crippen LogP) is 6.91. The molecule has 9 heteroatoms. The van der Waals surface area contributed by atoms with Gasteiger partial charge in [-0.25, -0.2) is 4.98 Å². The molecule has 0 saturated heterocycles. The zero-order valence-corrected chi connectivity index (χ0v) is 24.9. The number of methoxy groups -OCH3 is 1. The summed E-state index contributed by atoms with van der Waals surface area (Å²) < 4.78 is 14.9. The molecule has 0 bridgehead atoms. The van der Waals surface area contributed by atoms with E-state index in [1.807, 2.05) is 91.2 Å². The number of amides is 1. The second kappa shape index (κ2) is 11.3. The van der Waals surface area contributed by atoms with Crippen molar-refractivity contribution in [1.29, 1.82) is 0 Å². The predicted molar refractivity (Wildman–Crippen MR) is 177 cm³/mol. The number of benzene rings is 4. The SMILES string of the molecule is COc1cccc2oc(-c3nc4ccccc4c(=O)n3N=Cc3c(C)n(CC(=O)Nc4ccc(C)cc4)c4ccccc34)cc12. The summed E-state index contributed by atoms with van der Waals surface area (Å²) in [6, 6.07) is 30.0. The molecule has 4 aromatic carbocycles. The van der Waals surface area contributed by atoms with Crippen molar-refractivity contribution in [2.45, 2.75) is 20.4 Å². The molecule has 7 rings (SSSR count). The Kier molecular flexibility index (Phi) is 6.98. The van der Waals surface area contributed by atoms with E-state index >= 15 is 0 Å². The van der Waals surface area contributed by atoms with Gasteiger partial charge in [-0.2, -0.15) is 9.78 Å². The number of fused-ring (bicyclic) bond motifs is 3. The fourth-order valence-corrected chi connectivity index (χ4v) is 5.63. The number of carbonyl (C=O) groups is 1. The lowest BCUT2D eigenvalue weighted by Gasteiger charge is -2.10. The minimum Gasteiger partial charge on any atom is -0.496 e. The van der Waals surface area contributed by atoms with Crippen molar-refractivity contribution in [1.82, 2.24) is 14.2 Å². The Balaban J connectivity index is 1.33. The summed E-state index contributed by atoms with van der Waals surface area (Å²) in [5, 5.41) is 9.78. The first-order valence-electron chi connectivity index (χ1n) is 14.5. The van der Waals surface area contributed by atoms with Gasteiger partial charge in [0.2, 0.25) is 11.7 Å². The van der Waals surface area contributed by atoms with E-state index in [1.165, 1.54) is 4.68 Å². The van der Waals surface area contributed by atoms with Crippen LogP contribution in [0.15, 0.2) is 111 Å². The highest BCUT2D eigenvalue weighted by Crippen LogP contribution is 2.33. The summed E-state index contributed by atoms with van der Waals surface area (Å²) in [6.45, 7) is 4.05. The summed E-state index contributed by atoms with van der Waals surface area (Å²) in [7, 11) is 1.60. The van der Waals surface area contributed by atoms with E-state index in [1.54, 1.807) is 37.6 Å². The molecule has 0 saturated carbocycles. The maximum Gasteiger partial charge on any atom is 0.282 e. The Labute approximate surface area is 258 Å². The number of ether oxygens (including phenoxy) is 1. The summed E-state index contributed by atoms with van der Waals surface area (Å²) in [4.78, 5) is 31.8. The Morgan fingerprint density at radius 1 is 0.933 bits per heavy atom. The Hall–Kier alpha value is -5.96. The van der Waals surface area contributed by atoms with Crippen molar-refractivity contribution in [3.63, 3.8) is 0 Å². The summed E-state index contributed by atoms with van der Waals surface area (Å²) >= 11 is 0. The number of furan rings is 1. The van der Waals surface area contributed by atoms with Crippen LogP contribution in [-0.2, 0) is 11.3 Å². The topological polar surface area (TPSA) is 104 Å². The van der Waals surface area contributed by atoms with Crippen LogP contribution in [0.1, 0.15) is 16.8 Å². The molecule has 0 fully saturated rings. The molecule has 3 heterocycles. The van der Waals surface area contributed by atoms with Gasteiger partial charge in [-0.1, -0.05) is 54.1 Å². The first-order chi connectivity index (χ1) is 21.9. The summed E-state index contributed by atoms with van der Waals surface area (Å²) in [5.74, 6) is 1.13. The number of aromatic nitrogens is 3. The van der Waals surface area contributed by atoms with E-state index < -0.39 is 0 Å². The largest absolute Gasteiger partial charge is 0.496 e. The van der Waals surface area contributed by atoms with E-state index in [-0.39, 0.29) is 23.8 Å². The van der Waals surface area contributed by atoms with Crippen molar-refractivity contribution in [3.05, 3.63) is 124 Å². The third-order valence-electron chi connectivity index (χ3n) is 7.93. The van der Waals surface area contributed by atoms with Crippen LogP contribution in [0, 0.1) is 13.8 Å². The molecule has 0 aliphatic carbocycles. The molecule has 0 unspecified atom stereocenters. The van der Waals surface area contributed by atoms with E-state index in [0.29, 0.717) is 28.0 Å². The van der Waals surface area contributed by atoms with E-state index in [4.69, 9.17) is 19.2 Å². The maximum atomic E-state index is 13.9. The maximum absolute atomic E-state index is 13.9. The van der Waals surface area contributed by atoms with Crippen LogP contribution in [0.2, 0.25) is 0 Å². The number of hydrogen-bond donors (Lipinski definition) is 1. The average molecular weight is 596 g/mol. The van der Waals surface area contributed by atoms with Gasteiger partial charge >= 0.3 is 0 Å². The van der Waals surface area contributed by atoms with E-state index in [2.05, 4.69) is 5.32 Å². The van der Waals surface area contributed by atoms with Gasteiger partial charge in [0.1, 0.15) is 17.9 Å². The lowest BCUT2D eigenvalue weighted by molar-refractivity contribution is -0.116. The highest BCUT2D eigenvalue weighted by atomic mass is 16.5. The lowest BCUT2D eigenvalue weighted by atomic mass is 10.1. The molecule has 1 N–H and O–H groups in total. The molecule has 7 aromatic rings. The van der Waals surface area contributed by atoms with Gasteiger partial charge in [0.25, 0.3) is 5.56 Å². The van der Waals surface area contributed by atoms with Gasteiger partial charge in [0.05, 0.1) is 29.6 Å². The van der Waals surface area contributed by atoms with Crippen molar-refractivity contribution in [3.8, 4) is 17.3 Å². The van der Waals surface area contributed by atoms with Crippen molar-refractivity contribution in [2.75, 3.05) is 12.4 Å². The molecule has 0 atom stereocenters. The number of rotatable bonds is 7. The van der Waals surface area contributed by atoms with Crippen LogP contribution in [0.3, 0.4) is 0 Å². The Morgan fingerprint density at radius 3 is 2.49 bits per heavy atom. The van der Waals surface area contributed by atoms with Crippen LogP contribution in [-0.4, -0.2) is 33.5 Å². The van der Waals surface area contributed by atoms with Gasteiger partial charge in [-0.3, -0.25) is 9.59 Å². The fraction of sp³-hybridized carbons (Fsp3) is 0.111. The fourth-order valence-electron chi connectivity index (χ4n) is 5.63. The minimum absolute atomic E-state index is 0.109. The second-order valence-corrected chi connectivity index (χ2v) is 10.8. The first-order valence-corrected chi connectivity index (χ1v) is 14.5. The lowest BCUT2D eigenvalue weighted by Crippen LogP contribution is -2.20. The van der Waals surface area contributed by atoms with Crippen LogP contribution >= 0.6 is 0 Å². The zero-order valence-electron chi connectivity index (χ0n) is 24.9. The third-order valence-corrected chi connectivity index (χ3v) is 7.93. The van der Waals surface area contributed by atoms with Crippen LogP contribution < -0.4 is 15.6 Å². The van der Waals surface area contributed by atoms with Gasteiger partial charge in [0, 0.05) is 27.8 Å². The molecular formula is C36H29N5O4. The average Bonchev–Trinajstić information content (AvgIpc) is 3.60. The first kappa shape index (κ1) is 27.8. The second-order valence-electron chi connectivity index (χ2n) is 10.8. The van der Waals surface area contributed by atoms with Gasteiger partial charge in [0.15, 0.2) is 5.76 Å². The molecular weight excluding hydrogens is 566 g/mol. The smallest absolute Gasteiger partial charge is 0.282 e. The van der Waals surface area contributed by atoms with Crippen molar-refractivity contribution < 1.29 is 13.9 Å². The molecule has 9 nitrogen and oxygen atoms in total. The highest BCUT2D eigenvalue weighted by molar-refractivity contribution is 6.02. The van der Waals surface area contributed by atoms with Gasteiger partial charge in [-0.15, -0.1) is 0 Å². The Morgan fingerprint density at radius 2 is 1.69 bits per heavy atom. The van der Waals surface area contributed by atoms with Gasteiger partial charge in [-0.05, 0) is 62.4 Å². The molecule has 0 spiro atoms. The number of aryl methyl sites for hydroxylation is 1. The molecule has 222 valence electrons. The summed E-state index contributed by atoms with van der Waals surface area (Å²) in [5.41, 5.74) is 5.14. The molecule has 1 amide bonds. The summed E-state index contributed by atoms with van der Waals surface area (Å²) in [6.07, 6.45) is 1.65. The zero-order chi connectivity index (χ0) is 31.1. The van der Waals surface area contributed by atoms with Gasteiger partial charge < -0.3 is 19.0 Å². The number of hydrogen-bond acceptors (Lipinski definition) is 6. The number of nitrogens with one attached hydrogen (secondary N) is 1. The van der Waals surface area contributed by atoms with E-state index in [0.717, 1.165) is 38.8 Å². The van der Waals surface area contributed by atoms with Crippen molar-refractivity contribution in [2.24, 2.45) is 5.10 Å². The molecule has 0 aliphatic heterocycles.